The van der Waals surface area contributed by atoms with Gasteiger partial charge in [-0.2, -0.15) is 4.80 Å². The first-order chi connectivity index (χ1) is 16.9. The Morgan fingerprint density at radius 1 is 1.23 bits per heavy atom. The molecule has 1 aliphatic carbocycles. The summed E-state index contributed by atoms with van der Waals surface area (Å²) in [6.07, 6.45) is 4.29. The summed E-state index contributed by atoms with van der Waals surface area (Å²) in [7, 11) is 0. The van der Waals surface area contributed by atoms with Crippen molar-refractivity contribution in [2.75, 3.05) is 13.2 Å². The number of carbonyl (C=O) groups excluding carboxylic acids is 2. The standard InChI is InChI=1S/C24H29ClN6O4/c1-16-7-12-20(35-16)23-27-29-31(28-23)15-21(33)30(13-4-14-32)22(17-8-10-18(25)11-9-17)24(34)26-19-5-2-3-6-19/h7-12,19,22,32H,2-6,13-15H2,1H3,(H,26,34)/t22-/m0/s1. The van der Waals surface area contributed by atoms with Crippen LogP contribution in [0.4, 0.5) is 0 Å². The Kier molecular flexibility index (Phi) is 8.14. The number of rotatable bonds is 10. The highest BCUT2D eigenvalue weighted by Crippen LogP contribution is 2.26. The molecule has 2 amide bonds. The number of hydrogen-bond acceptors (Lipinski definition) is 7. The van der Waals surface area contributed by atoms with Crippen LogP contribution in [-0.4, -0.2) is 61.2 Å². The molecule has 35 heavy (non-hydrogen) atoms. The van der Waals surface area contributed by atoms with E-state index in [1.807, 2.05) is 6.92 Å². The van der Waals surface area contributed by atoms with Gasteiger partial charge in [0, 0.05) is 24.2 Å². The van der Waals surface area contributed by atoms with Crippen LogP contribution in [0.3, 0.4) is 0 Å². The third-order valence-electron chi connectivity index (χ3n) is 6.02. The summed E-state index contributed by atoms with van der Waals surface area (Å²) < 4.78 is 5.52. The molecule has 0 bridgehead atoms. The van der Waals surface area contributed by atoms with E-state index in [0.29, 0.717) is 28.5 Å². The molecule has 1 atom stereocenters. The van der Waals surface area contributed by atoms with Crippen LogP contribution in [0.25, 0.3) is 11.6 Å². The lowest BCUT2D eigenvalue weighted by molar-refractivity contribution is -0.142. The van der Waals surface area contributed by atoms with E-state index >= 15 is 0 Å². The fourth-order valence-corrected chi connectivity index (χ4v) is 4.41. The van der Waals surface area contributed by atoms with Gasteiger partial charge in [0.1, 0.15) is 18.3 Å². The Hall–Kier alpha value is -3.24. The van der Waals surface area contributed by atoms with E-state index in [4.69, 9.17) is 16.0 Å². The second-order valence-corrected chi connectivity index (χ2v) is 9.10. The average molecular weight is 501 g/mol. The third kappa shape index (κ3) is 6.26. The molecule has 1 aliphatic rings. The first-order valence-electron chi connectivity index (χ1n) is 11.8. The molecule has 0 radical (unpaired) electrons. The van der Waals surface area contributed by atoms with Crippen molar-refractivity contribution in [2.45, 2.75) is 57.7 Å². The average Bonchev–Trinajstić information content (AvgIpc) is 3.60. The second kappa shape index (κ2) is 11.5. The molecule has 3 aromatic rings. The molecule has 0 aliphatic heterocycles. The first-order valence-corrected chi connectivity index (χ1v) is 12.1. The number of aliphatic hydroxyl groups excluding tert-OH is 1. The Morgan fingerprint density at radius 3 is 2.63 bits per heavy atom. The summed E-state index contributed by atoms with van der Waals surface area (Å²) >= 11 is 6.07. The van der Waals surface area contributed by atoms with Gasteiger partial charge in [0.15, 0.2) is 5.76 Å². The molecule has 0 unspecified atom stereocenters. The van der Waals surface area contributed by atoms with Gasteiger partial charge in [-0.25, -0.2) is 0 Å². The molecule has 4 rings (SSSR count). The molecule has 1 aromatic carbocycles. The minimum atomic E-state index is -0.886. The Bertz CT molecular complexity index is 1140. The number of nitrogens with one attached hydrogen (secondary N) is 1. The molecular formula is C24H29ClN6O4. The van der Waals surface area contributed by atoms with Crippen LogP contribution < -0.4 is 5.32 Å². The van der Waals surface area contributed by atoms with Crippen LogP contribution in [-0.2, 0) is 16.1 Å². The molecule has 2 N–H and O–H groups in total. The Labute approximate surface area is 208 Å². The van der Waals surface area contributed by atoms with Crippen LogP contribution >= 0.6 is 11.6 Å². The molecule has 186 valence electrons. The SMILES string of the molecule is Cc1ccc(-c2nnn(CC(=O)N(CCCO)[C@H](C(=O)NC3CCCC3)c3ccc(Cl)cc3)n2)o1. The zero-order chi connectivity index (χ0) is 24.8. The highest BCUT2D eigenvalue weighted by Gasteiger charge is 2.33. The number of halogens is 1. The predicted molar refractivity (Wildman–Crippen MR) is 128 cm³/mol. The van der Waals surface area contributed by atoms with Crippen molar-refractivity contribution in [2.24, 2.45) is 0 Å². The molecule has 2 heterocycles. The summed E-state index contributed by atoms with van der Waals surface area (Å²) in [5.74, 6) is 0.791. The molecule has 11 heteroatoms. The number of hydrogen-bond donors (Lipinski definition) is 2. The summed E-state index contributed by atoms with van der Waals surface area (Å²) in [6, 6.07) is 9.59. The summed E-state index contributed by atoms with van der Waals surface area (Å²) in [5.41, 5.74) is 0.634. The van der Waals surface area contributed by atoms with E-state index in [9.17, 15) is 14.7 Å². The number of benzene rings is 1. The monoisotopic (exact) mass is 500 g/mol. The third-order valence-corrected chi connectivity index (χ3v) is 6.27. The normalized spacial score (nSPS) is 14.7. The number of furan rings is 1. The lowest BCUT2D eigenvalue weighted by Gasteiger charge is -2.32. The van der Waals surface area contributed by atoms with Gasteiger partial charge in [0.2, 0.25) is 17.6 Å². The van der Waals surface area contributed by atoms with Crippen molar-refractivity contribution < 1.29 is 19.1 Å². The zero-order valence-electron chi connectivity index (χ0n) is 19.6. The van der Waals surface area contributed by atoms with E-state index in [2.05, 4.69) is 20.7 Å². The number of nitrogens with zero attached hydrogens (tertiary/aromatic N) is 5. The highest BCUT2D eigenvalue weighted by molar-refractivity contribution is 6.30. The van der Waals surface area contributed by atoms with Crippen molar-refractivity contribution in [3.05, 3.63) is 52.7 Å². The van der Waals surface area contributed by atoms with Gasteiger partial charge in [-0.3, -0.25) is 9.59 Å². The van der Waals surface area contributed by atoms with Gasteiger partial charge in [0.25, 0.3) is 0 Å². The van der Waals surface area contributed by atoms with Gasteiger partial charge in [-0.15, -0.1) is 10.2 Å². The molecule has 2 aromatic heterocycles. The van der Waals surface area contributed by atoms with Crippen molar-refractivity contribution >= 4 is 23.4 Å². The second-order valence-electron chi connectivity index (χ2n) is 8.66. The van der Waals surface area contributed by atoms with E-state index in [1.54, 1.807) is 36.4 Å². The molecule has 1 saturated carbocycles. The van der Waals surface area contributed by atoms with Crippen LogP contribution in [0.15, 0.2) is 40.8 Å². The lowest BCUT2D eigenvalue weighted by Crippen LogP contribution is -2.47. The lowest BCUT2D eigenvalue weighted by atomic mass is 10.0. The summed E-state index contributed by atoms with van der Waals surface area (Å²) in [6.45, 7) is 1.65. The number of amides is 2. The molecule has 0 spiro atoms. The number of tetrazole rings is 1. The van der Waals surface area contributed by atoms with Crippen LogP contribution in [0.1, 0.15) is 49.5 Å². The highest BCUT2D eigenvalue weighted by atomic mass is 35.5. The minimum Gasteiger partial charge on any atom is -0.458 e. The minimum absolute atomic E-state index is 0.0865. The van der Waals surface area contributed by atoms with E-state index in [0.717, 1.165) is 25.7 Å². The van der Waals surface area contributed by atoms with Crippen LogP contribution in [0.5, 0.6) is 0 Å². The maximum absolute atomic E-state index is 13.5. The largest absolute Gasteiger partial charge is 0.458 e. The van der Waals surface area contributed by atoms with Gasteiger partial charge >= 0.3 is 0 Å². The Morgan fingerprint density at radius 2 is 1.97 bits per heavy atom. The number of aryl methyl sites for hydroxylation is 1. The zero-order valence-corrected chi connectivity index (χ0v) is 20.3. The van der Waals surface area contributed by atoms with E-state index in [-0.39, 0.29) is 43.4 Å². The van der Waals surface area contributed by atoms with Crippen molar-refractivity contribution in [3.63, 3.8) is 0 Å². The maximum Gasteiger partial charge on any atom is 0.247 e. The van der Waals surface area contributed by atoms with Crippen LogP contribution in [0.2, 0.25) is 5.02 Å². The van der Waals surface area contributed by atoms with Gasteiger partial charge in [0.05, 0.1) is 0 Å². The number of aromatic nitrogens is 4. The van der Waals surface area contributed by atoms with Crippen molar-refractivity contribution in [3.8, 4) is 11.6 Å². The topological polar surface area (TPSA) is 126 Å². The fourth-order valence-electron chi connectivity index (χ4n) is 4.28. The number of carbonyl (C=O) groups is 2. The molecule has 10 nitrogen and oxygen atoms in total. The maximum atomic E-state index is 13.5. The van der Waals surface area contributed by atoms with Crippen molar-refractivity contribution in [1.82, 2.24) is 30.4 Å². The summed E-state index contributed by atoms with van der Waals surface area (Å²) in [4.78, 5) is 29.6. The van der Waals surface area contributed by atoms with Gasteiger partial charge in [-0.05, 0) is 61.2 Å². The van der Waals surface area contributed by atoms with Crippen LogP contribution in [0, 0.1) is 6.92 Å². The van der Waals surface area contributed by atoms with E-state index < -0.39 is 6.04 Å². The Balaban J connectivity index is 1.58. The first kappa shape index (κ1) is 24.9. The molecule has 0 saturated heterocycles. The smallest absolute Gasteiger partial charge is 0.247 e. The number of aliphatic hydroxyl groups is 1. The fraction of sp³-hybridized carbons (Fsp3) is 0.458. The van der Waals surface area contributed by atoms with Gasteiger partial charge < -0.3 is 19.7 Å². The quantitative estimate of drug-likeness (QED) is 0.438. The predicted octanol–water partition coefficient (Wildman–Crippen LogP) is 2.91. The van der Waals surface area contributed by atoms with Crippen molar-refractivity contribution in [1.29, 1.82) is 0 Å². The van der Waals surface area contributed by atoms with Gasteiger partial charge in [-0.1, -0.05) is 36.6 Å². The van der Waals surface area contributed by atoms with E-state index in [1.165, 1.54) is 9.70 Å². The molecule has 1 fully saturated rings. The summed E-state index contributed by atoms with van der Waals surface area (Å²) in [5, 5.41) is 25.3. The molecular weight excluding hydrogens is 472 g/mol.